The van der Waals surface area contributed by atoms with Crippen molar-refractivity contribution in [2.24, 2.45) is 5.92 Å². The van der Waals surface area contributed by atoms with Crippen LogP contribution in [-0.4, -0.2) is 58.5 Å². The van der Waals surface area contributed by atoms with Gasteiger partial charge in [0.25, 0.3) is 10.0 Å². The van der Waals surface area contributed by atoms with Gasteiger partial charge >= 0.3 is 0 Å². The molecule has 2 aliphatic rings. The molecule has 1 saturated carbocycles. The summed E-state index contributed by atoms with van der Waals surface area (Å²) in [4.78, 5) is 24.8. The standard InChI is InChI=1S/C27H26ClFN6O3S/c1-17(2)24(36)18-6-8-20(9-7-18)39(37,38)35-22-5-3-4-21(28)23(22)25(32-35)34-13-12-33(16-27(34)10-11-27)26-30-14-19(29)15-31-26/h3-9,14-15,17H,10-13,16H2,1-2H3. The molecule has 2 fully saturated rings. The summed E-state index contributed by atoms with van der Waals surface area (Å²) in [7, 11) is -4.09. The van der Waals surface area contributed by atoms with Gasteiger partial charge in [-0.25, -0.2) is 14.4 Å². The predicted molar refractivity (Wildman–Crippen MR) is 146 cm³/mol. The lowest BCUT2D eigenvalue weighted by Gasteiger charge is -2.42. The number of nitrogens with zero attached hydrogens (tertiary/aromatic N) is 6. The van der Waals surface area contributed by atoms with E-state index in [0.29, 0.717) is 52.9 Å². The fourth-order valence-electron chi connectivity index (χ4n) is 5.20. The quantitative estimate of drug-likeness (QED) is 0.312. The van der Waals surface area contributed by atoms with Crippen LogP contribution in [0, 0.1) is 11.7 Å². The average molecular weight is 569 g/mol. The highest BCUT2D eigenvalue weighted by molar-refractivity contribution is 7.90. The molecular weight excluding hydrogens is 543 g/mol. The zero-order valence-electron chi connectivity index (χ0n) is 21.4. The number of carbonyl (C=O) groups excluding carboxylic acids is 1. The van der Waals surface area contributed by atoms with Gasteiger partial charge in [-0.2, -0.15) is 12.5 Å². The van der Waals surface area contributed by atoms with Crippen molar-refractivity contribution >= 4 is 50.1 Å². The number of fused-ring (bicyclic) bond motifs is 1. The van der Waals surface area contributed by atoms with Crippen LogP contribution in [-0.2, 0) is 10.0 Å². The topological polar surface area (TPSA) is 101 Å². The van der Waals surface area contributed by atoms with Crippen molar-refractivity contribution in [1.82, 2.24) is 19.2 Å². The van der Waals surface area contributed by atoms with E-state index in [4.69, 9.17) is 11.6 Å². The largest absolute Gasteiger partial charge is 0.345 e. The first kappa shape index (κ1) is 25.7. The second kappa shape index (κ2) is 9.27. The van der Waals surface area contributed by atoms with Gasteiger partial charge in [0.15, 0.2) is 17.4 Å². The molecule has 2 aromatic carbocycles. The molecule has 0 amide bonds. The lowest BCUT2D eigenvalue weighted by Crippen LogP contribution is -2.56. The predicted octanol–water partition coefficient (Wildman–Crippen LogP) is 4.55. The van der Waals surface area contributed by atoms with Crippen molar-refractivity contribution < 1.29 is 17.6 Å². The Morgan fingerprint density at radius 1 is 1.05 bits per heavy atom. The van der Waals surface area contributed by atoms with Crippen LogP contribution in [0.2, 0.25) is 5.02 Å². The molecule has 1 spiro atoms. The van der Waals surface area contributed by atoms with E-state index in [9.17, 15) is 17.6 Å². The highest BCUT2D eigenvalue weighted by Gasteiger charge is 2.53. The lowest BCUT2D eigenvalue weighted by molar-refractivity contribution is 0.0939. The Labute approximate surface area is 230 Å². The van der Waals surface area contributed by atoms with E-state index < -0.39 is 15.8 Å². The monoisotopic (exact) mass is 568 g/mol. The number of rotatable bonds is 6. The van der Waals surface area contributed by atoms with Gasteiger partial charge in [0.05, 0.1) is 38.8 Å². The third-order valence-electron chi connectivity index (χ3n) is 7.42. The van der Waals surface area contributed by atoms with Crippen molar-refractivity contribution in [2.75, 3.05) is 29.4 Å². The molecule has 0 atom stereocenters. The number of anilines is 2. The lowest BCUT2D eigenvalue weighted by atomic mass is 10.0. The third kappa shape index (κ3) is 4.33. The van der Waals surface area contributed by atoms with E-state index in [0.717, 1.165) is 29.3 Å². The normalized spacial score (nSPS) is 16.8. The number of Topliss-reactive ketones (excluding diaryl/α,β-unsaturated/α-hetero) is 1. The molecule has 0 N–H and O–H groups in total. The molecule has 1 aliphatic carbocycles. The highest BCUT2D eigenvalue weighted by Crippen LogP contribution is 2.49. The SMILES string of the molecule is CC(C)C(=O)c1ccc(S(=O)(=O)n2nc(N3CCN(c4ncc(F)cn4)CC34CC4)c3c(Cl)cccc32)cc1. The third-order valence-corrected chi connectivity index (χ3v) is 9.34. The Balaban J connectivity index is 1.39. The Kier molecular flexibility index (Phi) is 6.11. The van der Waals surface area contributed by atoms with Crippen LogP contribution in [0.3, 0.4) is 0 Å². The first-order chi connectivity index (χ1) is 18.6. The molecule has 9 nitrogen and oxygen atoms in total. The van der Waals surface area contributed by atoms with Crippen molar-refractivity contribution in [1.29, 1.82) is 0 Å². The van der Waals surface area contributed by atoms with Crippen molar-refractivity contribution in [3.8, 4) is 0 Å². The van der Waals surface area contributed by atoms with Crippen LogP contribution in [0.4, 0.5) is 16.2 Å². The molecule has 12 heteroatoms. The van der Waals surface area contributed by atoms with Crippen LogP contribution in [0.5, 0.6) is 0 Å². The molecule has 39 heavy (non-hydrogen) atoms. The average Bonchev–Trinajstić information content (AvgIpc) is 3.56. The maximum absolute atomic E-state index is 13.8. The number of ketones is 1. The summed E-state index contributed by atoms with van der Waals surface area (Å²) in [5.41, 5.74) is 0.542. The fraction of sp³-hybridized carbons (Fsp3) is 0.333. The van der Waals surface area contributed by atoms with E-state index in [1.165, 1.54) is 24.3 Å². The van der Waals surface area contributed by atoms with E-state index in [1.54, 1.807) is 32.0 Å². The first-order valence-corrected chi connectivity index (χ1v) is 14.5. The van der Waals surface area contributed by atoms with E-state index >= 15 is 0 Å². The number of hydrogen-bond donors (Lipinski definition) is 0. The summed E-state index contributed by atoms with van der Waals surface area (Å²) in [6.45, 7) is 5.27. The van der Waals surface area contributed by atoms with Crippen molar-refractivity contribution in [2.45, 2.75) is 37.1 Å². The second-order valence-electron chi connectivity index (χ2n) is 10.3. The molecule has 0 bridgehead atoms. The summed E-state index contributed by atoms with van der Waals surface area (Å²) in [5, 5.41) is 5.62. The number of hydrogen-bond acceptors (Lipinski definition) is 8. The van der Waals surface area contributed by atoms with Gasteiger partial charge in [0.2, 0.25) is 5.95 Å². The number of halogens is 2. The summed E-state index contributed by atoms with van der Waals surface area (Å²) < 4.78 is 42.0. The number of benzene rings is 2. The van der Waals surface area contributed by atoms with Gasteiger partial charge in [-0.05, 0) is 37.1 Å². The molecule has 2 aromatic heterocycles. The second-order valence-corrected chi connectivity index (χ2v) is 12.5. The minimum Gasteiger partial charge on any atom is -0.345 e. The van der Waals surface area contributed by atoms with E-state index in [-0.39, 0.29) is 22.1 Å². The van der Waals surface area contributed by atoms with Crippen molar-refractivity contribution in [3.63, 3.8) is 0 Å². The van der Waals surface area contributed by atoms with Crippen molar-refractivity contribution in [3.05, 3.63) is 71.3 Å². The van der Waals surface area contributed by atoms with Crippen LogP contribution in [0.25, 0.3) is 10.9 Å². The van der Waals surface area contributed by atoms with Crippen LogP contribution in [0.15, 0.2) is 59.8 Å². The smallest absolute Gasteiger partial charge is 0.283 e. The Morgan fingerprint density at radius 3 is 2.38 bits per heavy atom. The summed E-state index contributed by atoms with van der Waals surface area (Å²) >= 11 is 6.65. The maximum Gasteiger partial charge on any atom is 0.283 e. The first-order valence-electron chi connectivity index (χ1n) is 12.7. The van der Waals surface area contributed by atoms with Gasteiger partial charge in [-0.3, -0.25) is 4.79 Å². The molecular formula is C27H26ClFN6O3S. The molecule has 4 aromatic rings. The van der Waals surface area contributed by atoms with Gasteiger partial charge in [-0.1, -0.05) is 43.6 Å². The number of carbonyl (C=O) groups is 1. The molecule has 6 rings (SSSR count). The Hall–Kier alpha value is -3.57. The minimum absolute atomic E-state index is 0.0261. The van der Waals surface area contributed by atoms with Gasteiger partial charge < -0.3 is 9.80 Å². The zero-order chi connectivity index (χ0) is 27.5. The number of piperazine rings is 1. The fourth-order valence-corrected chi connectivity index (χ4v) is 6.73. The highest BCUT2D eigenvalue weighted by atomic mass is 35.5. The summed E-state index contributed by atoms with van der Waals surface area (Å²) in [5.74, 6) is 0.211. The molecule has 0 radical (unpaired) electrons. The van der Waals surface area contributed by atoms with Crippen LogP contribution >= 0.6 is 11.6 Å². The molecule has 202 valence electrons. The van der Waals surface area contributed by atoms with Gasteiger partial charge in [0.1, 0.15) is 0 Å². The Bertz CT molecular complexity index is 1690. The zero-order valence-corrected chi connectivity index (χ0v) is 23.0. The molecule has 0 unspecified atom stereocenters. The van der Waals surface area contributed by atoms with Gasteiger partial charge in [-0.15, -0.1) is 5.10 Å². The Morgan fingerprint density at radius 2 is 1.74 bits per heavy atom. The molecule has 1 aliphatic heterocycles. The molecule has 1 saturated heterocycles. The van der Waals surface area contributed by atoms with E-state index in [1.807, 2.05) is 4.90 Å². The number of aromatic nitrogens is 4. The van der Waals surface area contributed by atoms with E-state index in [2.05, 4.69) is 20.0 Å². The summed E-state index contributed by atoms with van der Waals surface area (Å²) in [6.07, 6.45) is 4.06. The maximum atomic E-state index is 13.8. The minimum atomic E-state index is -4.09. The summed E-state index contributed by atoms with van der Waals surface area (Å²) in [6, 6.07) is 11.0. The van der Waals surface area contributed by atoms with Gasteiger partial charge in [0, 0.05) is 31.1 Å². The van der Waals surface area contributed by atoms with Crippen LogP contribution < -0.4 is 9.80 Å². The molecule has 3 heterocycles. The van der Waals surface area contributed by atoms with Crippen LogP contribution in [0.1, 0.15) is 37.0 Å².